The smallest absolute Gasteiger partial charge is 0.419 e. The van der Waals surface area contributed by atoms with Gasteiger partial charge in [0.1, 0.15) is 0 Å². The molecule has 0 atom stereocenters. The van der Waals surface area contributed by atoms with Gasteiger partial charge in [-0.1, -0.05) is 24.0 Å². The number of hydrogen-bond donors (Lipinski definition) is 1. The van der Waals surface area contributed by atoms with Crippen molar-refractivity contribution < 1.29 is 49.2 Å². The Hall–Kier alpha value is -2.29. The summed E-state index contributed by atoms with van der Waals surface area (Å²) in [7, 11) is -6.34. The van der Waals surface area contributed by atoms with Gasteiger partial charge in [-0.15, -0.1) is 0 Å². The van der Waals surface area contributed by atoms with Crippen molar-refractivity contribution in [2.45, 2.75) is 17.6 Å². The minimum absolute atomic E-state index is 0.0108. The average Bonchev–Trinajstić information content (AvgIpc) is 2.98. The van der Waals surface area contributed by atoms with Gasteiger partial charge in [-0.3, -0.25) is 4.55 Å². The minimum atomic E-state index is -6.34. The lowest BCUT2D eigenvalue weighted by atomic mass is 10.2. The molecule has 0 saturated carbocycles. The predicted molar refractivity (Wildman–Crippen MR) is 92.0 cm³/mol. The van der Waals surface area contributed by atoms with Gasteiger partial charge in [0.2, 0.25) is 0 Å². The predicted octanol–water partition coefficient (Wildman–Crippen LogP) is 2.84. The van der Waals surface area contributed by atoms with Crippen LogP contribution in [-0.2, 0) is 19.6 Å². The van der Waals surface area contributed by atoms with Crippen LogP contribution in [0, 0.1) is 0 Å². The number of benzene rings is 1. The third-order valence-corrected chi connectivity index (χ3v) is 5.14. The first-order chi connectivity index (χ1) is 13.3. The second-order valence-corrected chi connectivity index (χ2v) is 7.97. The topological polar surface area (TPSA) is 120 Å². The van der Waals surface area contributed by atoms with E-state index in [0.717, 1.165) is 11.3 Å². The van der Waals surface area contributed by atoms with E-state index in [0.29, 0.717) is 4.70 Å². The van der Waals surface area contributed by atoms with Crippen molar-refractivity contribution in [3.8, 4) is 5.75 Å². The maximum absolute atomic E-state index is 13.3. The fourth-order valence-corrected chi connectivity index (χ4v) is 3.08. The number of halogens is 4. The monoisotopic (exact) mass is 460 g/mol. The standard InChI is InChI=1S/C15H12F4O8S2/c1-8(7-25-6-5-14(16,17)15(18,19)29(22,23)24)12(20)26-9-3-2-4-10-11(9)27-13(21)28-10/h2-4H,1,5-7H2,(H,22,23,24). The maximum Gasteiger partial charge on any atom is 0.431 e. The zero-order chi connectivity index (χ0) is 22.0. The zero-order valence-corrected chi connectivity index (χ0v) is 15.8. The van der Waals surface area contributed by atoms with E-state index in [1.165, 1.54) is 12.1 Å². The molecule has 0 fully saturated rings. The van der Waals surface area contributed by atoms with E-state index in [-0.39, 0.29) is 16.9 Å². The second kappa shape index (κ2) is 8.22. The van der Waals surface area contributed by atoms with E-state index in [1.54, 1.807) is 6.07 Å². The lowest BCUT2D eigenvalue weighted by Crippen LogP contribution is -2.47. The van der Waals surface area contributed by atoms with Crippen LogP contribution in [0.2, 0.25) is 0 Å². The summed E-state index contributed by atoms with van der Waals surface area (Å²) in [5.74, 6) is -6.29. The Morgan fingerprint density at radius 2 is 1.93 bits per heavy atom. The molecular weight excluding hydrogens is 448 g/mol. The van der Waals surface area contributed by atoms with Gasteiger partial charge in [0.05, 0.1) is 23.5 Å². The van der Waals surface area contributed by atoms with Gasteiger partial charge in [0.25, 0.3) is 0 Å². The van der Waals surface area contributed by atoms with Crippen molar-refractivity contribution in [3.63, 3.8) is 0 Å². The number of fused-ring (bicyclic) bond motifs is 1. The second-order valence-electron chi connectivity index (χ2n) is 5.53. The molecule has 1 N–H and O–H groups in total. The Labute approximate surface area is 164 Å². The first-order valence-electron chi connectivity index (χ1n) is 7.49. The quantitative estimate of drug-likeness (QED) is 0.152. The largest absolute Gasteiger partial charge is 0.431 e. The van der Waals surface area contributed by atoms with Gasteiger partial charge in [-0.2, -0.15) is 26.0 Å². The summed E-state index contributed by atoms with van der Waals surface area (Å²) in [6.45, 7) is 1.51. The van der Waals surface area contributed by atoms with Crippen LogP contribution in [0.25, 0.3) is 10.3 Å². The number of alkyl halides is 4. The molecule has 8 nitrogen and oxygen atoms in total. The van der Waals surface area contributed by atoms with E-state index in [9.17, 15) is 35.6 Å². The van der Waals surface area contributed by atoms with E-state index in [2.05, 4.69) is 11.3 Å². The molecule has 1 aromatic carbocycles. The lowest BCUT2D eigenvalue weighted by molar-refractivity contribution is -0.170. The fourth-order valence-electron chi connectivity index (χ4n) is 1.91. The number of carbonyl (C=O) groups excluding carboxylic acids is 1. The van der Waals surface area contributed by atoms with Gasteiger partial charge < -0.3 is 13.9 Å². The van der Waals surface area contributed by atoms with Crippen LogP contribution in [0.4, 0.5) is 17.6 Å². The Morgan fingerprint density at radius 3 is 2.55 bits per heavy atom. The van der Waals surface area contributed by atoms with Crippen molar-refractivity contribution in [1.29, 1.82) is 0 Å². The van der Waals surface area contributed by atoms with E-state index >= 15 is 0 Å². The number of para-hydroxylation sites is 1. The number of esters is 1. The molecule has 0 bridgehead atoms. The highest BCUT2D eigenvalue weighted by Gasteiger charge is 2.65. The summed E-state index contributed by atoms with van der Waals surface area (Å²) >= 11 is 0.771. The Bertz CT molecular complexity index is 1090. The molecule has 2 rings (SSSR count). The van der Waals surface area contributed by atoms with Crippen LogP contribution >= 0.6 is 11.3 Å². The molecule has 0 aliphatic carbocycles. The molecule has 0 unspecified atom stereocenters. The molecule has 0 saturated heterocycles. The van der Waals surface area contributed by atoms with E-state index in [1.807, 2.05) is 0 Å². The van der Waals surface area contributed by atoms with Gasteiger partial charge in [-0.25, -0.2) is 9.59 Å². The normalized spacial score (nSPS) is 12.9. The number of hydrogen-bond acceptors (Lipinski definition) is 8. The van der Waals surface area contributed by atoms with Crippen molar-refractivity contribution in [3.05, 3.63) is 40.1 Å². The first kappa shape index (κ1) is 23.0. The van der Waals surface area contributed by atoms with Gasteiger partial charge in [-0.05, 0) is 12.1 Å². The first-order valence-corrected chi connectivity index (χ1v) is 9.75. The van der Waals surface area contributed by atoms with E-state index in [4.69, 9.17) is 13.7 Å². The van der Waals surface area contributed by atoms with Crippen LogP contribution in [0.1, 0.15) is 6.42 Å². The molecule has 0 radical (unpaired) electrons. The third kappa shape index (κ3) is 5.01. The number of ether oxygens (including phenoxy) is 2. The summed E-state index contributed by atoms with van der Waals surface area (Å²) < 4.78 is 96.5. The Morgan fingerprint density at radius 1 is 1.28 bits per heavy atom. The molecule has 0 aliphatic heterocycles. The molecule has 160 valence electrons. The van der Waals surface area contributed by atoms with Gasteiger partial charge >= 0.3 is 32.2 Å². The maximum atomic E-state index is 13.3. The molecule has 0 aliphatic rings. The third-order valence-electron chi connectivity index (χ3n) is 3.40. The van der Waals surface area contributed by atoms with E-state index < -0.39 is 51.8 Å². The Kier molecular flexibility index (Phi) is 6.51. The van der Waals surface area contributed by atoms with Crippen LogP contribution in [-0.4, -0.2) is 43.3 Å². The summed E-state index contributed by atoms with van der Waals surface area (Å²) in [5.41, 5.74) is -0.374. The summed E-state index contributed by atoms with van der Waals surface area (Å²) in [6, 6.07) is 4.35. The lowest BCUT2D eigenvalue weighted by Gasteiger charge is -2.23. The molecule has 14 heteroatoms. The SMILES string of the molecule is C=C(COCCC(F)(F)C(F)(F)S(=O)(=O)O)C(=O)Oc1cccc2sc(=O)oc12. The van der Waals surface area contributed by atoms with Crippen LogP contribution in [0.15, 0.2) is 39.6 Å². The highest BCUT2D eigenvalue weighted by atomic mass is 32.2. The van der Waals surface area contributed by atoms with Crippen molar-refractivity contribution in [1.82, 2.24) is 0 Å². The minimum Gasteiger partial charge on any atom is -0.419 e. The number of carbonyl (C=O) groups is 1. The van der Waals surface area contributed by atoms with Crippen LogP contribution in [0.5, 0.6) is 5.75 Å². The molecule has 29 heavy (non-hydrogen) atoms. The Balaban J connectivity index is 1.91. The van der Waals surface area contributed by atoms with Crippen molar-refractivity contribution >= 4 is 37.7 Å². The molecule has 1 aromatic heterocycles. The summed E-state index contributed by atoms with van der Waals surface area (Å²) in [6.07, 6.45) is -1.76. The van der Waals surface area contributed by atoms with Gasteiger partial charge in [0.15, 0.2) is 11.3 Å². The fraction of sp³-hybridized carbons (Fsp3) is 0.333. The molecule has 0 spiro atoms. The molecule has 1 heterocycles. The summed E-state index contributed by atoms with van der Waals surface area (Å²) in [4.78, 5) is 22.6. The molecular formula is C15H12F4O8S2. The highest BCUT2D eigenvalue weighted by Crippen LogP contribution is 2.40. The highest BCUT2D eigenvalue weighted by molar-refractivity contribution is 7.87. The van der Waals surface area contributed by atoms with Gasteiger partial charge in [0, 0.05) is 6.42 Å². The summed E-state index contributed by atoms with van der Waals surface area (Å²) in [5, 5.41) is -5.71. The number of rotatable bonds is 9. The zero-order valence-electron chi connectivity index (χ0n) is 14.2. The molecule has 0 amide bonds. The van der Waals surface area contributed by atoms with Crippen molar-refractivity contribution in [2.24, 2.45) is 0 Å². The van der Waals surface area contributed by atoms with Crippen LogP contribution in [0.3, 0.4) is 0 Å². The van der Waals surface area contributed by atoms with Crippen molar-refractivity contribution in [2.75, 3.05) is 13.2 Å². The van der Waals surface area contributed by atoms with Crippen LogP contribution < -0.4 is 9.68 Å². The average molecular weight is 460 g/mol. The molecule has 2 aromatic rings.